The predicted octanol–water partition coefficient (Wildman–Crippen LogP) is 4.76. The highest BCUT2D eigenvalue weighted by Crippen LogP contribution is 2.40. The molecule has 6 heteroatoms. The number of rotatable bonds is 2. The highest BCUT2D eigenvalue weighted by Gasteiger charge is 2.43. The number of carbonyl (C=O) groups is 1. The summed E-state index contributed by atoms with van der Waals surface area (Å²) < 4.78 is 39.0. The first-order valence-electron chi connectivity index (χ1n) is 6.49. The molecule has 1 aliphatic rings. The van der Waals surface area contributed by atoms with E-state index in [4.69, 9.17) is 0 Å². The highest BCUT2D eigenvalue weighted by atomic mass is 79.9. The van der Waals surface area contributed by atoms with Gasteiger partial charge in [0.15, 0.2) is 0 Å². The fourth-order valence-electron chi connectivity index (χ4n) is 2.54. The third-order valence-corrected chi connectivity index (χ3v) is 4.09. The molecule has 1 fully saturated rings. The number of nitrogens with one attached hydrogen (secondary N) is 1. The Hall–Kier alpha value is -1.04. The summed E-state index contributed by atoms with van der Waals surface area (Å²) in [5, 5.41) is 2.69. The number of amides is 1. The SMILES string of the molecule is O=C(Nc1cccc(Br)c1)C1CCCC(C(F)(F)F)C1. The minimum absolute atomic E-state index is 0.108. The van der Waals surface area contributed by atoms with Gasteiger partial charge in [0.1, 0.15) is 0 Å². The van der Waals surface area contributed by atoms with Crippen molar-refractivity contribution in [1.82, 2.24) is 0 Å². The minimum atomic E-state index is -4.20. The summed E-state index contributed by atoms with van der Waals surface area (Å²) in [6, 6.07) is 7.02. The van der Waals surface area contributed by atoms with Crippen molar-refractivity contribution >= 4 is 27.5 Å². The first kappa shape index (κ1) is 15.4. The van der Waals surface area contributed by atoms with Gasteiger partial charge in [0, 0.05) is 16.1 Å². The third kappa shape index (κ3) is 3.98. The van der Waals surface area contributed by atoms with E-state index in [2.05, 4.69) is 21.2 Å². The first-order valence-corrected chi connectivity index (χ1v) is 7.28. The zero-order valence-electron chi connectivity index (χ0n) is 10.7. The summed E-state index contributed by atoms with van der Waals surface area (Å²) in [5.74, 6) is -2.24. The molecule has 2 rings (SSSR count). The van der Waals surface area contributed by atoms with Crippen LogP contribution in [0.15, 0.2) is 28.7 Å². The van der Waals surface area contributed by atoms with Crippen LogP contribution in [0, 0.1) is 11.8 Å². The van der Waals surface area contributed by atoms with E-state index in [1.165, 1.54) is 0 Å². The van der Waals surface area contributed by atoms with Gasteiger partial charge in [-0.25, -0.2) is 0 Å². The predicted molar refractivity (Wildman–Crippen MR) is 74.3 cm³/mol. The molecule has 1 N–H and O–H groups in total. The molecule has 0 spiro atoms. The van der Waals surface area contributed by atoms with Gasteiger partial charge in [-0.2, -0.15) is 13.2 Å². The second kappa shape index (κ2) is 6.16. The van der Waals surface area contributed by atoms with Gasteiger partial charge in [-0.15, -0.1) is 0 Å². The lowest BCUT2D eigenvalue weighted by Crippen LogP contribution is -2.34. The summed E-state index contributed by atoms with van der Waals surface area (Å²) >= 11 is 3.28. The van der Waals surface area contributed by atoms with Gasteiger partial charge in [-0.1, -0.05) is 28.4 Å². The maximum atomic E-state index is 12.7. The van der Waals surface area contributed by atoms with Crippen LogP contribution in [-0.2, 0) is 4.79 Å². The number of anilines is 1. The lowest BCUT2D eigenvalue weighted by molar-refractivity contribution is -0.185. The molecule has 0 heterocycles. The number of hydrogen-bond acceptors (Lipinski definition) is 1. The molecule has 0 radical (unpaired) electrons. The Kier molecular flexibility index (Phi) is 4.73. The van der Waals surface area contributed by atoms with Crippen LogP contribution in [0.25, 0.3) is 0 Å². The lowest BCUT2D eigenvalue weighted by Gasteiger charge is -2.29. The molecule has 1 amide bonds. The number of hydrogen-bond donors (Lipinski definition) is 1. The van der Waals surface area contributed by atoms with Crippen molar-refractivity contribution in [2.45, 2.75) is 31.9 Å². The van der Waals surface area contributed by atoms with Crippen molar-refractivity contribution in [3.05, 3.63) is 28.7 Å². The summed E-state index contributed by atoms with van der Waals surface area (Å²) in [4.78, 5) is 12.1. The highest BCUT2D eigenvalue weighted by molar-refractivity contribution is 9.10. The normalized spacial score (nSPS) is 23.4. The fourth-order valence-corrected chi connectivity index (χ4v) is 2.94. The van der Waals surface area contributed by atoms with E-state index < -0.39 is 18.0 Å². The van der Waals surface area contributed by atoms with Crippen LogP contribution in [0.4, 0.5) is 18.9 Å². The van der Waals surface area contributed by atoms with E-state index in [0.29, 0.717) is 18.5 Å². The van der Waals surface area contributed by atoms with E-state index in [0.717, 1.165) is 4.47 Å². The first-order chi connectivity index (χ1) is 9.36. The molecule has 110 valence electrons. The van der Waals surface area contributed by atoms with Crippen LogP contribution < -0.4 is 5.32 Å². The zero-order chi connectivity index (χ0) is 14.8. The largest absolute Gasteiger partial charge is 0.391 e. The summed E-state index contributed by atoms with van der Waals surface area (Å²) in [7, 11) is 0. The topological polar surface area (TPSA) is 29.1 Å². The van der Waals surface area contributed by atoms with Gasteiger partial charge in [0.25, 0.3) is 0 Å². The molecule has 2 nitrogen and oxygen atoms in total. The van der Waals surface area contributed by atoms with Crippen LogP contribution in [0.1, 0.15) is 25.7 Å². The molecule has 0 aromatic heterocycles. The van der Waals surface area contributed by atoms with Gasteiger partial charge in [-0.3, -0.25) is 4.79 Å². The number of benzene rings is 1. The van der Waals surface area contributed by atoms with E-state index >= 15 is 0 Å². The van der Waals surface area contributed by atoms with Gasteiger partial charge < -0.3 is 5.32 Å². The quantitative estimate of drug-likeness (QED) is 0.819. The van der Waals surface area contributed by atoms with Crippen molar-refractivity contribution in [3.8, 4) is 0 Å². The van der Waals surface area contributed by atoms with Crippen molar-refractivity contribution in [1.29, 1.82) is 0 Å². The van der Waals surface area contributed by atoms with Crippen LogP contribution in [0.2, 0.25) is 0 Å². The Labute approximate surface area is 123 Å². The Morgan fingerprint density at radius 3 is 2.70 bits per heavy atom. The molecule has 2 atom stereocenters. The Morgan fingerprint density at radius 1 is 1.30 bits per heavy atom. The smallest absolute Gasteiger partial charge is 0.326 e. The molecule has 0 aliphatic heterocycles. The van der Waals surface area contributed by atoms with Crippen LogP contribution >= 0.6 is 15.9 Å². The molecule has 1 aromatic carbocycles. The Bertz CT molecular complexity index is 490. The number of alkyl halides is 3. The molecule has 0 saturated heterocycles. The van der Waals surface area contributed by atoms with Crippen LogP contribution in [0.3, 0.4) is 0 Å². The molecule has 2 unspecified atom stereocenters. The number of carbonyl (C=O) groups excluding carboxylic acids is 1. The Balaban J connectivity index is 1.99. The van der Waals surface area contributed by atoms with E-state index in [1.807, 2.05) is 6.07 Å². The van der Waals surface area contributed by atoms with Crippen molar-refractivity contribution in [3.63, 3.8) is 0 Å². The van der Waals surface area contributed by atoms with Crippen molar-refractivity contribution in [2.24, 2.45) is 11.8 Å². The van der Waals surface area contributed by atoms with Gasteiger partial charge >= 0.3 is 6.18 Å². The second-order valence-electron chi connectivity index (χ2n) is 5.10. The molecule has 1 aromatic rings. The minimum Gasteiger partial charge on any atom is -0.326 e. The summed E-state index contributed by atoms with van der Waals surface area (Å²) in [5.41, 5.74) is 0.596. The fraction of sp³-hybridized carbons (Fsp3) is 0.500. The van der Waals surface area contributed by atoms with Gasteiger partial charge in [-0.05, 0) is 37.5 Å². The van der Waals surface area contributed by atoms with E-state index in [-0.39, 0.29) is 18.7 Å². The molecule has 1 saturated carbocycles. The van der Waals surface area contributed by atoms with Gasteiger partial charge in [0.2, 0.25) is 5.91 Å². The zero-order valence-corrected chi connectivity index (χ0v) is 12.3. The molecular weight excluding hydrogens is 335 g/mol. The van der Waals surface area contributed by atoms with Crippen molar-refractivity contribution in [2.75, 3.05) is 5.32 Å². The maximum Gasteiger partial charge on any atom is 0.391 e. The summed E-state index contributed by atoms with van der Waals surface area (Å²) in [6.07, 6.45) is -3.21. The maximum absolute atomic E-state index is 12.7. The lowest BCUT2D eigenvalue weighted by atomic mass is 9.80. The monoisotopic (exact) mass is 349 g/mol. The third-order valence-electron chi connectivity index (χ3n) is 3.60. The van der Waals surface area contributed by atoms with E-state index in [1.54, 1.807) is 18.2 Å². The van der Waals surface area contributed by atoms with Crippen molar-refractivity contribution < 1.29 is 18.0 Å². The molecule has 20 heavy (non-hydrogen) atoms. The molecule has 0 bridgehead atoms. The standard InChI is InChI=1S/C14H15BrF3NO/c15-11-5-2-6-12(8-11)19-13(20)9-3-1-4-10(7-9)14(16,17)18/h2,5-6,8-10H,1,3-4,7H2,(H,19,20). The average Bonchev–Trinajstić information content (AvgIpc) is 2.38. The second-order valence-corrected chi connectivity index (χ2v) is 6.02. The average molecular weight is 350 g/mol. The van der Waals surface area contributed by atoms with Crippen LogP contribution in [-0.4, -0.2) is 12.1 Å². The Morgan fingerprint density at radius 2 is 2.05 bits per heavy atom. The molecule has 1 aliphatic carbocycles. The van der Waals surface area contributed by atoms with E-state index in [9.17, 15) is 18.0 Å². The van der Waals surface area contributed by atoms with Gasteiger partial charge in [0.05, 0.1) is 5.92 Å². The van der Waals surface area contributed by atoms with Crippen LogP contribution in [0.5, 0.6) is 0 Å². The summed E-state index contributed by atoms with van der Waals surface area (Å²) in [6.45, 7) is 0. The molecular formula is C14H15BrF3NO. The number of halogens is 4.